The van der Waals surface area contributed by atoms with Crippen molar-refractivity contribution in [1.82, 2.24) is 14.8 Å². The molecule has 2 N–H and O–H groups in total. The Morgan fingerprint density at radius 2 is 1.97 bits per heavy atom. The van der Waals surface area contributed by atoms with Crippen LogP contribution in [0.2, 0.25) is 0 Å². The van der Waals surface area contributed by atoms with Gasteiger partial charge >= 0.3 is 5.97 Å². The van der Waals surface area contributed by atoms with Gasteiger partial charge in [-0.05, 0) is 78.7 Å². The lowest BCUT2D eigenvalue weighted by Crippen LogP contribution is -2.32. The van der Waals surface area contributed by atoms with E-state index in [4.69, 9.17) is 19.6 Å². The van der Waals surface area contributed by atoms with Crippen molar-refractivity contribution in [3.8, 4) is 11.5 Å². The molecule has 2 heterocycles. The Labute approximate surface area is 235 Å². The molecule has 0 bridgehead atoms. The van der Waals surface area contributed by atoms with Crippen LogP contribution in [-0.4, -0.2) is 38.6 Å². The van der Waals surface area contributed by atoms with Gasteiger partial charge in [0.2, 0.25) is 11.1 Å². The Hall–Kier alpha value is -2.98. The Morgan fingerprint density at radius 3 is 2.71 bits per heavy atom. The van der Waals surface area contributed by atoms with Crippen molar-refractivity contribution in [3.63, 3.8) is 0 Å². The average Bonchev–Trinajstić information content (AvgIpc) is 3.32. The van der Waals surface area contributed by atoms with Crippen LogP contribution < -0.4 is 10.1 Å². The lowest BCUT2D eigenvalue weighted by molar-refractivity contribution is -0.146. The molecule has 38 heavy (non-hydrogen) atoms. The van der Waals surface area contributed by atoms with Gasteiger partial charge in [-0.3, -0.25) is 0 Å². The number of carbonyl (C=O) groups excluding carboxylic acids is 1. The summed E-state index contributed by atoms with van der Waals surface area (Å²) in [6, 6.07) is 13.1. The molecule has 5 rings (SSSR count). The van der Waals surface area contributed by atoms with E-state index in [-0.39, 0.29) is 17.8 Å². The van der Waals surface area contributed by atoms with Crippen LogP contribution in [0.15, 0.2) is 63.4 Å². The summed E-state index contributed by atoms with van der Waals surface area (Å²) in [5.74, 6) is 1.23. The highest BCUT2D eigenvalue weighted by molar-refractivity contribution is 9.10. The van der Waals surface area contributed by atoms with E-state index in [1.54, 1.807) is 16.8 Å². The number of phenols is 1. The van der Waals surface area contributed by atoms with Crippen molar-refractivity contribution in [2.45, 2.75) is 69.0 Å². The molecule has 1 unspecified atom stereocenters. The van der Waals surface area contributed by atoms with E-state index >= 15 is 0 Å². The fourth-order valence-corrected chi connectivity index (χ4v) is 6.15. The number of fused-ring (bicyclic) bond motifs is 1. The zero-order chi connectivity index (χ0) is 26.6. The SMILES string of the molecule is CCOc1cc(C2C(C(=O)OC3CCCCC3)=C(C)Nc3nc(SCc4ccccc4)nn32)cc(Br)c1O. The van der Waals surface area contributed by atoms with E-state index in [2.05, 4.69) is 33.4 Å². The molecule has 2 aliphatic rings. The van der Waals surface area contributed by atoms with Crippen LogP contribution >= 0.6 is 27.7 Å². The van der Waals surface area contributed by atoms with Gasteiger partial charge in [0.25, 0.3) is 0 Å². The summed E-state index contributed by atoms with van der Waals surface area (Å²) < 4.78 is 13.9. The first-order valence-electron chi connectivity index (χ1n) is 12.9. The summed E-state index contributed by atoms with van der Waals surface area (Å²) in [7, 11) is 0. The van der Waals surface area contributed by atoms with Crippen LogP contribution in [0.5, 0.6) is 11.5 Å². The molecule has 2 aromatic carbocycles. The number of rotatable bonds is 8. The molecule has 1 atom stereocenters. The second kappa shape index (κ2) is 11.8. The summed E-state index contributed by atoms with van der Waals surface area (Å²) in [6.07, 6.45) is 4.98. The van der Waals surface area contributed by atoms with E-state index in [1.807, 2.05) is 32.0 Å². The molecule has 0 saturated heterocycles. The maximum absolute atomic E-state index is 13.7. The molecule has 8 nitrogen and oxygen atoms in total. The molecule has 1 aliphatic heterocycles. The second-order valence-electron chi connectivity index (χ2n) is 9.45. The molecule has 0 radical (unpaired) electrons. The number of anilines is 1. The van der Waals surface area contributed by atoms with Crippen LogP contribution in [0.1, 0.15) is 63.1 Å². The number of esters is 1. The lowest BCUT2D eigenvalue weighted by atomic mass is 9.94. The van der Waals surface area contributed by atoms with Gasteiger partial charge in [0.1, 0.15) is 12.1 Å². The number of ether oxygens (including phenoxy) is 2. The standard InChI is InChI=1S/C28H31BrN4O4S/c1-3-36-22-15-19(14-21(29)25(22)34)24-23(26(35)37-20-12-8-5-9-13-20)17(2)30-27-31-28(32-33(24)27)38-16-18-10-6-4-7-11-18/h4,6-7,10-11,14-15,20,24,34H,3,5,8-9,12-13,16H2,1-2H3,(H,30,31,32). The topological polar surface area (TPSA) is 98.5 Å². The van der Waals surface area contributed by atoms with E-state index in [9.17, 15) is 9.90 Å². The number of halogens is 1. The zero-order valence-electron chi connectivity index (χ0n) is 21.4. The normalized spacial score (nSPS) is 17.6. The minimum atomic E-state index is -0.614. The first-order chi connectivity index (χ1) is 18.4. The third-order valence-corrected chi connectivity index (χ3v) is 8.27. The number of aromatic nitrogens is 3. The summed E-state index contributed by atoms with van der Waals surface area (Å²) >= 11 is 4.98. The monoisotopic (exact) mass is 598 g/mol. The molecular formula is C28H31BrN4O4S. The summed E-state index contributed by atoms with van der Waals surface area (Å²) in [5, 5.41) is 19.2. The van der Waals surface area contributed by atoms with Crippen LogP contribution in [-0.2, 0) is 15.3 Å². The lowest BCUT2D eigenvalue weighted by Gasteiger charge is -2.30. The number of hydrogen-bond donors (Lipinski definition) is 2. The first-order valence-corrected chi connectivity index (χ1v) is 14.7. The second-order valence-corrected chi connectivity index (χ2v) is 11.2. The van der Waals surface area contributed by atoms with Gasteiger partial charge in [0.15, 0.2) is 11.5 Å². The molecular weight excluding hydrogens is 568 g/mol. The van der Waals surface area contributed by atoms with E-state index in [1.165, 1.54) is 23.7 Å². The van der Waals surface area contributed by atoms with Gasteiger partial charge < -0.3 is 19.9 Å². The molecule has 1 aromatic heterocycles. The van der Waals surface area contributed by atoms with Gasteiger partial charge in [-0.2, -0.15) is 4.98 Å². The van der Waals surface area contributed by atoms with Gasteiger partial charge in [-0.25, -0.2) is 9.48 Å². The number of thioether (sulfide) groups is 1. The first kappa shape index (κ1) is 26.6. The highest BCUT2D eigenvalue weighted by Crippen LogP contribution is 2.43. The van der Waals surface area contributed by atoms with Crippen LogP contribution in [0, 0.1) is 0 Å². The fourth-order valence-electron chi connectivity index (χ4n) is 4.90. The number of phenolic OH excluding ortho intramolecular Hbond substituents is 1. The van der Waals surface area contributed by atoms with Gasteiger partial charge in [-0.15, -0.1) is 5.10 Å². The zero-order valence-corrected chi connectivity index (χ0v) is 23.8. The minimum Gasteiger partial charge on any atom is -0.503 e. The number of allylic oxidation sites excluding steroid dienone is 1. The molecule has 1 fully saturated rings. The van der Waals surface area contributed by atoms with Crippen LogP contribution in [0.4, 0.5) is 5.95 Å². The van der Waals surface area contributed by atoms with Crippen LogP contribution in [0.25, 0.3) is 0 Å². The highest BCUT2D eigenvalue weighted by Gasteiger charge is 2.37. The predicted octanol–water partition coefficient (Wildman–Crippen LogP) is 6.60. The van der Waals surface area contributed by atoms with Gasteiger partial charge in [-0.1, -0.05) is 48.5 Å². The number of hydrogen-bond acceptors (Lipinski definition) is 8. The molecule has 0 spiro atoms. The minimum absolute atomic E-state index is 0.00878. The maximum atomic E-state index is 13.7. The van der Waals surface area contributed by atoms with Crippen molar-refractivity contribution in [2.75, 3.05) is 11.9 Å². The van der Waals surface area contributed by atoms with Gasteiger partial charge in [0.05, 0.1) is 16.7 Å². The smallest absolute Gasteiger partial charge is 0.338 e. The van der Waals surface area contributed by atoms with Crippen molar-refractivity contribution in [2.24, 2.45) is 0 Å². The van der Waals surface area contributed by atoms with Crippen molar-refractivity contribution >= 4 is 39.6 Å². The van der Waals surface area contributed by atoms with Crippen molar-refractivity contribution in [1.29, 1.82) is 0 Å². The summed E-state index contributed by atoms with van der Waals surface area (Å²) in [4.78, 5) is 18.4. The number of nitrogens with one attached hydrogen (secondary N) is 1. The number of nitrogens with zero attached hydrogens (tertiary/aromatic N) is 3. The Morgan fingerprint density at radius 1 is 1.21 bits per heavy atom. The predicted molar refractivity (Wildman–Crippen MR) is 150 cm³/mol. The molecule has 1 aliphatic carbocycles. The number of benzene rings is 2. The van der Waals surface area contributed by atoms with E-state index < -0.39 is 6.04 Å². The fraction of sp³-hybridized carbons (Fsp3) is 0.393. The van der Waals surface area contributed by atoms with E-state index in [0.29, 0.717) is 39.2 Å². The van der Waals surface area contributed by atoms with Crippen molar-refractivity contribution < 1.29 is 19.4 Å². The molecule has 3 aromatic rings. The molecule has 0 amide bonds. The third kappa shape index (κ3) is 5.71. The average molecular weight is 600 g/mol. The number of aromatic hydroxyl groups is 1. The largest absolute Gasteiger partial charge is 0.503 e. The Balaban J connectivity index is 1.52. The van der Waals surface area contributed by atoms with Crippen molar-refractivity contribution in [3.05, 3.63) is 69.3 Å². The van der Waals surface area contributed by atoms with E-state index in [0.717, 1.165) is 37.0 Å². The maximum Gasteiger partial charge on any atom is 0.338 e. The third-order valence-electron chi connectivity index (χ3n) is 6.76. The van der Waals surface area contributed by atoms with Gasteiger partial charge in [0, 0.05) is 11.4 Å². The molecule has 10 heteroatoms. The summed E-state index contributed by atoms with van der Waals surface area (Å²) in [6.45, 7) is 4.10. The molecule has 200 valence electrons. The quantitative estimate of drug-likeness (QED) is 0.221. The Kier molecular flexibility index (Phi) is 8.28. The number of carbonyl (C=O) groups is 1. The molecule has 1 saturated carbocycles. The Bertz CT molecular complexity index is 1340. The van der Waals surface area contributed by atoms with Crippen LogP contribution in [0.3, 0.4) is 0 Å². The summed E-state index contributed by atoms with van der Waals surface area (Å²) in [5.41, 5.74) is 3.02. The highest BCUT2D eigenvalue weighted by atomic mass is 79.9.